The Hall–Kier alpha value is -3.10. The van der Waals surface area contributed by atoms with E-state index in [2.05, 4.69) is 62.6 Å². The highest BCUT2D eigenvalue weighted by molar-refractivity contribution is 8.00. The normalized spacial score (nSPS) is 20.5. The Morgan fingerprint density at radius 3 is 2.53 bits per heavy atom. The summed E-state index contributed by atoms with van der Waals surface area (Å²) < 4.78 is 9.81. The van der Waals surface area contributed by atoms with Gasteiger partial charge in [-0.2, -0.15) is 4.98 Å². The van der Waals surface area contributed by atoms with Gasteiger partial charge in [0, 0.05) is 41.2 Å². The van der Waals surface area contributed by atoms with E-state index in [4.69, 9.17) is 14.7 Å². The molecule has 2 atom stereocenters. The topological polar surface area (TPSA) is 70.6 Å². The third-order valence-corrected chi connectivity index (χ3v) is 7.69. The molecule has 1 N–H and O–H groups in total. The standard InChI is InChI=1S/C28H33N5O2S/c1-17(2)24-16-32(5)14-21-15-33(24)27(34)20-10-7-11-22(12-20)36-31-28-29-23(13-25(30-28)35-21)26-18(3)8-6-9-19(26)4/h6-13,17,21,24H,14-16H2,1-5H3,(H,29,30,31)/t21-,24+/m1/s1. The van der Waals surface area contributed by atoms with Gasteiger partial charge in [-0.3, -0.25) is 9.52 Å². The third-order valence-electron chi connectivity index (χ3n) is 6.91. The maximum Gasteiger partial charge on any atom is 0.254 e. The van der Waals surface area contributed by atoms with Gasteiger partial charge in [0.05, 0.1) is 12.2 Å². The van der Waals surface area contributed by atoms with E-state index in [-0.39, 0.29) is 18.1 Å². The zero-order chi connectivity index (χ0) is 25.4. The predicted octanol–water partition coefficient (Wildman–Crippen LogP) is 5.05. The fourth-order valence-corrected chi connectivity index (χ4v) is 5.78. The fourth-order valence-electron chi connectivity index (χ4n) is 5.14. The molecule has 0 unspecified atom stereocenters. The average Bonchev–Trinajstić information content (AvgIpc) is 3.00. The minimum Gasteiger partial charge on any atom is -0.471 e. The van der Waals surface area contributed by atoms with Crippen LogP contribution in [-0.4, -0.2) is 64.5 Å². The number of carbonyl (C=O) groups excluding carboxylic acids is 1. The Balaban J connectivity index is 1.63. The van der Waals surface area contributed by atoms with Crippen LogP contribution in [-0.2, 0) is 0 Å². The molecule has 3 heterocycles. The van der Waals surface area contributed by atoms with Crippen molar-refractivity contribution in [3.8, 4) is 17.1 Å². The number of rotatable bonds is 2. The molecule has 6 bridgehead atoms. The lowest BCUT2D eigenvalue weighted by Gasteiger charge is -2.34. The number of carbonyl (C=O) groups is 1. The van der Waals surface area contributed by atoms with Crippen molar-refractivity contribution in [3.63, 3.8) is 0 Å². The lowest BCUT2D eigenvalue weighted by atomic mass is 10.00. The average molecular weight is 504 g/mol. The Bertz CT molecular complexity index is 1260. The van der Waals surface area contributed by atoms with Gasteiger partial charge in [-0.25, -0.2) is 4.98 Å². The van der Waals surface area contributed by atoms with Crippen LogP contribution < -0.4 is 9.46 Å². The van der Waals surface area contributed by atoms with Gasteiger partial charge in [-0.15, -0.1) is 0 Å². The Morgan fingerprint density at radius 2 is 1.78 bits per heavy atom. The number of fused-ring (bicyclic) bond motifs is 6. The first-order chi connectivity index (χ1) is 17.3. The molecule has 5 rings (SSSR count). The minimum atomic E-state index is -0.229. The van der Waals surface area contributed by atoms with E-state index in [0.717, 1.165) is 33.8 Å². The van der Waals surface area contributed by atoms with Crippen LogP contribution in [0.2, 0.25) is 0 Å². The minimum absolute atomic E-state index is 0.0355. The van der Waals surface area contributed by atoms with Crippen LogP contribution in [0.15, 0.2) is 53.4 Å². The molecule has 3 aromatic rings. The van der Waals surface area contributed by atoms with Gasteiger partial charge in [0.15, 0.2) is 0 Å². The molecule has 2 aliphatic rings. The largest absolute Gasteiger partial charge is 0.471 e. The van der Waals surface area contributed by atoms with Crippen molar-refractivity contribution in [2.24, 2.45) is 5.92 Å². The molecule has 7 nitrogen and oxygen atoms in total. The molecule has 0 spiro atoms. The monoisotopic (exact) mass is 503 g/mol. The SMILES string of the molecule is Cc1cccc(C)c1-c1cc2nc(n1)NSc1cccc(c1)C(=O)N1C[C@@H](CN(C)C[C@H]1C(C)C)O2. The fraction of sp³-hybridized carbons (Fsp3) is 0.393. The molecular formula is C28H33N5O2S. The summed E-state index contributed by atoms with van der Waals surface area (Å²) in [6, 6.07) is 16.0. The summed E-state index contributed by atoms with van der Waals surface area (Å²) >= 11 is 1.39. The highest BCUT2D eigenvalue weighted by atomic mass is 32.2. The van der Waals surface area contributed by atoms with Crippen LogP contribution in [0.25, 0.3) is 11.3 Å². The van der Waals surface area contributed by atoms with Crippen LogP contribution in [0.1, 0.15) is 35.3 Å². The number of hydrogen-bond acceptors (Lipinski definition) is 7. The Labute approximate surface area is 217 Å². The number of aromatic nitrogens is 2. The first kappa shape index (κ1) is 24.6. The maximum atomic E-state index is 13.8. The molecule has 1 fully saturated rings. The van der Waals surface area contributed by atoms with Crippen LogP contribution in [0.4, 0.5) is 5.95 Å². The van der Waals surface area contributed by atoms with Gasteiger partial charge in [-0.05, 0) is 68.1 Å². The van der Waals surface area contributed by atoms with Gasteiger partial charge in [-0.1, -0.05) is 38.1 Å². The van der Waals surface area contributed by atoms with E-state index in [9.17, 15) is 4.79 Å². The summed E-state index contributed by atoms with van der Waals surface area (Å²) in [6.07, 6.45) is -0.229. The first-order valence-electron chi connectivity index (χ1n) is 12.4. The number of likely N-dealkylation sites (N-methyl/N-ethyl adjacent to an activating group) is 1. The number of amides is 1. The molecule has 0 aliphatic carbocycles. The molecule has 2 aliphatic heterocycles. The number of nitrogens with zero attached hydrogens (tertiary/aromatic N) is 4. The number of hydrogen-bond donors (Lipinski definition) is 1. The Morgan fingerprint density at radius 1 is 1.03 bits per heavy atom. The molecule has 8 heteroatoms. The summed E-state index contributed by atoms with van der Waals surface area (Å²) in [5.41, 5.74) is 4.87. The van der Waals surface area contributed by atoms with Gasteiger partial charge in [0.2, 0.25) is 11.8 Å². The van der Waals surface area contributed by atoms with Crippen LogP contribution in [0, 0.1) is 19.8 Å². The van der Waals surface area contributed by atoms with E-state index in [1.165, 1.54) is 11.9 Å². The number of ether oxygens (including phenoxy) is 1. The van der Waals surface area contributed by atoms with Crippen molar-refractivity contribution in [3.05, 3.63) is 65.2 Å². The highest BCUT2D eigenvalue weighted by Crippen LogP contribution is 2.31. The van der Waals surface area contributed by atoms with E-state index in [0.29, 0.717) is 36.4 Å². The number of aryl methyl sites for hydroxylation is 2. The first-order valence-corrected chi connectivity index (χ1v) is 13.2. The van der Waals surface area contributed by atoms with Gasteiger partial charge >= 0.3 is 0 Å². The summed E-state index contributed by atoms with van der Waals surface area (Å²) in [5.74, 6) is 1.33. The van der Waals surface area contributed by atoms with Gasteiger partial charge in [0.25, 0.3) is 5.91 Å². The van der Waals surface area contributed by atoms with Crippen LogP contribution >= 0.6 is 11.9 Å². The second kappa shape index (κ2) is 10.1. The molecule has 1 amide bonds. The summed E-state index contributed by atoms with van der Waals surface area (Å²) in [7, 11) is 2.09. The van der Waals surface area contributed by atoms with Crippen molar-refractivity contribution in [1.82, 2.24) is 19.8 Å². The van der Waals surface area contributed by atoms with Gasteiger partial charge in [0.1, 0.15) is 6.10 Å². The van der Waals surface area contributed by atoms with E-state index >= 15 is 0 Å². The second-order valence-electron chi connectivity index (χ2n) is 10.1. The zero-order valence-electron chi connectivity index (χ0n) is 21.5. The smallest absolute Gasteiger partial charge is 0.254 e. The summed E-state index contributed by atoms with van der Waals surface area (Å²) in [6.45, 7) is 10.5. The van der Waals surface area contributed by atoms with E-state index < -0.39 is 0 Å². The van der Waals surface area contributed by atoms with E-state index in [1.807, 2.05) is 35.2 Å². The molecule has 1 aromatic heterocycles. The van der Waals surface area contributed by atoms with Crippen molar-refractivity contribution in [2.45, 2.75) is 44.7 Å². The molecule has 0 radical (unpaired) electrons. The zero-order valence-corrected chi connectivity index (χ0v) is 22.3. The number of anilines is 1. The molecule has 2 aromatic carbocycles. The Kier molecular flexibility index (Phi) is 6.90. The lowest BCUT2D eigenvalue weighted by Crippen LogP contribution is -2.48. The quantitative estimate of drug-likeness (QED) is 0.491. The molecule has 0 saturated carbocycles. The maximum absolute atomic E-state index is 13.8. The lowest BCUT2D eigenvalue weighted by molar-refractivity contribution is 0.0553. The third kappa shape index (κ3) is 5.06. The highest BCUT2D eigenvalue weighted by Gasteiger charge is 2.35. The summed E-state index contributed by atoms with van der Waals surface area (Å²) in [4.78, 5) is 28.5. The molecule has 1 saturated heterocycles. The van der Waals surface area contributed by atoms with Crippen molar-refractivity contribution in [1.29, 1.82) is 0 Å². The van der Waals surface area contributed by atoms with Crippen molar-refractivity contribution >= 4 is 23.8 Å². The van der Waals surface area contributed by atoms with E-state index in [1.54, 1.807) is 0 Å². The van der Waals surface area contributed by atoms with Crippen LogP contribution in [0.5, 0.6) is 5.88 Å². The second-order valence-corrected chi connectivity index (χ2v) is 11.0. The summed E-state index contributed by atoms with van der Waals surface area (Å²) in [5, 5.41) is 0. The van der Waals surface area contributed by atoms with Crippen molar-refractivity contribution < 1.29 is 9.53 Å². The molecule has 188 valence electrons. The molecular weight excluding hydrogens is 470 g/mol. The van der Waals surface area contributed by atoms with Crippen LogP contribution in [0.3, 0.4) is 0 Å². The van der Waals surface area contributed by atoms with Crippen molar-refractivity contribution in [2.75, 3.05) is 31.4 Å². The predicted molar refractivity (Wildman–Crippen MR) is 144 cm³/mol. The van der Waals surface area contributed by atoms with Gasteiger partial charge < -0.3 is 14.5 Å². The number of nitrogens with one attached hydrogen (secondary N) is 1. The number of benzene rings is 2. The molecule has 36 heavy (non-hydrogen) atoms.